The highest BCUT2D eigenvalue weighted by atomic mass is 35.5. The van der Waals surface area contributed by atoms with Gasteiger partial charge in [-0.25, -0.2) is 13.7 Å². The van der Waals surface area contributed by atoms with Gasteiger partial charge in [0, 0.05) is 18.8 Å². The molecule has 1 aliphatic rings. The zero-order valence-electron chi connectivity index (χ0n) is 17.1. The second-order valence-corrected chi connectivity index (χ2v) is 8.99. The first-order valence-electron chi connectivity index (χ1n) is 9.68. The summed E-state index contributed by atoms with van der Waals surface area (Å²) < 4.78 is 104. The van der Waals surface area contributed by atoms with Gasteiger partial charge >= 0.3 is 12.4 Å². The Kier molecular flexibility index (Phi) is 7.48. The van der Waals surface area contributed by atoms with Gasteiger partial charge in [0.15, 0.2) is 0 Å². The molecule has 2 aromatic carbocycles. The average molecular weight is 532 g/mol. The van der Waals surface area contributed by atoms with Crippen molar-refractivity contribution >= 4 is 39.9 Å². The number of nitrogens with one attached hydrogen (secondary N) is 1. The number of alkyl halides is 6. The third-order valence-electron chi connectivity index (χ3n) is 5.34. The Morgan fingerprint density at radius 1 is 1.09 bits per heavy atom. The van der Waals surface area contributed by atoms with Crippen LogP contribution in [0.5, 0.6) is 0 Å². The van der Waals surface area contributed by atoms with Crippen molar-refractivity contribution in [2.75, 3.05) is 23.3 Å². The number of benzene rings is 2. The molecule has 1 heterocycles. The Labute approximate surface area is 196 Å². The lowest BCUT2D eigenvalue weighted by atomic mass is 9.95. The Hall–Kier alpha value is -2.38. The van der Waals surface area contributed by atoms with Crippen LogP contribution in [0.2, 0.25) is 5.02 Å². The number of hydrogen-bond donors (Lipinski definition) is 2. The van der Waals surface area contributed by atoms with E-state index < -0.39 is 56.5 Å². The van der Waals surface area contributed by atoms with Crippen molar-refractivity contribution in [1.29, 1.82) is 0 Å². The van der Waals surface area contributed by atoms with Gasteiger partial charge in [0.05, 0.1) is 32.7 Å². The van der Waals surface area contributed by atoms with Gasteiger partial charge in [0.1, 0.15) is 16.8 Å². The van der Waals surface area contributed by atoms with Crippen LogP contribution in [0.15, 0.2) is 35.2 Å². The molecule has 14 heteroatoms. The first-order valence-corrected chi connectivity index (χ1v) is 11.3. The van der Waals surface area contributed by atoms with E-state index in [9.17, 15) is 39.7 Å². The molecule has 0 aliphatic carbocycles. The summed E-state index contributed by atoms with van der Waals surface area (Å²) in [5, 5.41) is 6.73. The molecule has 5 nitrogen and oxygen atoms in total. The third kappa shape index (κ3) is 5.81. The lowest BCUT2D eigenvalue weighted by molar-refractivity contribution is -0.179. The molecule has 0 saturated carbocycles. The Balaban J connectivity index is 1.98. The fourth-order valence-corrected chi connectivity index (χ4v) is 4.38. The summed E-state index contributed by atoms with van der Waals surface area (Å²) in [4.78, 5) is 13.8. The highest BCUT2D eigenvalue weighted by molar-refractivity contribution is 7.82. The van der Waals surface area contributed by atoms with E-state index in [1.807, 2.05) is 0 Å². The number of carbonyl (C=O) groups is 1. The molecule has 0 unspecified atom stereocenters. The van der Waals surface area contributed by atoms with E-state index in [1.54, 1.807) is 0 Å². The molecule has 0 radical (unpaired) electrons. The monoisotopic (exact) mass is 531 g/mol. The normalized spacial score (nSPS) is 16.4. The summed E-state index contributed by atoms with van der Waals surface area (Å²) >= 11 is 5.77. The molecule has 1 aliphatic heterocycles. The predicted octanol–water partition coefficient (Wildman–Crippen LogP) is 5.51. The lowest BCUT2D eigenvalue weighted by Gasteiger charge is -2.35. The van der Waals surface area contributed by atoms with E-state index in [2.05, 4.69) is 5.32 Å². The Bertz CT molecular complexity index is 1120. The Morgan fingerprint density at radius 2 is 1.71 bits per heavy atom. The fourth-order valence-electron chi connectivity index (χ4n) is 3.60. The quantitative estimate of drug-likeness (QED) is 0.511. The minimum atomic E-state index is -4.87. The van der Waals surface area contributed by atoms with Gasteiger partial charge in [-0.1, -0.05) is 11.6 Å². The van der Waals surface area contributed by atoms with E-state index in [0.29, 0.717) is 6.07 Å². The van der Waals surface area contributed by atoms with Crippen molar-refractivity contribution in [3.63, 3.8) is 0 Å². The number of nitrogens with zero attached hydrogens (tertiary/aromatic N) is 1. The van der Waals surface area contributed by atoms with Crippen LogP contribution >= 0.6 is 11.6 Å². The van der Waals surface area contributed by atoms with Crippen LogP contribution in [-0.4, -0.2) is 29.4 Å². The van der Waals surface area contributed by atoms with Gasteiger partial charge in [0.2, 0.25) is 0 Å². The van der Waals surface area contributed by atoms with Gasteiger partial charge in [-0.2, -0.15) is 26.3 Å². The number of carbonyl (C=O) groups excluding carboxylic acids is 1. The third-order valence-corrected chi connectivity index (χ3v) is 6.40. The molecule has 34 heavy (non-hydrogen) atoms. The average Bonchev–Trinajstić information content (AvgIpc) is 2.73. The van der Waals surface area contributed by atoms with E-state index in [4.69, 9.17) is 16.7 Å². The summed E-state index contributed by atoms with van der Waals surface area (Å²) in [5.41, 5.74) is -1.89. The van der Waals surface area contributed by atoms with Crippen LogP contribution < -0.4 is 15.4 Å². The van der Waals surface area contributed by atoms with Crippen molar-refractivity contribution in [3.05, 3.63) is 52.3 Å². The van der Waals surface area contributed by atoms with Crippen molar-refractivity contribution in [2.45, 2.75) is 30.1 Å². The van der Waals surface area contributed by atoms with Crippen molar-refractivity contribution in [1.82, 2.24) is 0 Å². The van der Waals surface area contributed by atoms with Crippen LogP contribution in [0.25, 0.3) is 0 Å². The maximum Gasteiger partial charge on any atom is 0.417 e. The second-order valence-electron chi connectivity index (χ2n) is 7.55. The maximum atomic E-state index is 13.7. The molecule has 1 fully saturated rings. The van der Waals surface area contributed by atoms with Crippen molar-refractivity contribution in [3.8, 4) is 0 Å². The number of halogens is 8. The molecule has 0 bridgehead atoms. The SMILES string of the molecule is N[S@@](=O)c1cc(NC(=O)c2cc(Cl)c(C(F)(F)F)cc2N2CCC(C(F)(F)F)CC2)ccc1F. The summed E-state index contributed by atoms with van der Waals surface area (Å²) in [7, 11) is -2.22. The zero-order chi connectivity index (χ0) is 25.4. The van der Waals surface area contributed by atoms with Crippen molar-refractivity contribution < 1.29 is 39.7 Å². The van der Waals surface area contributed by atoms with Gasteiger partial charge in [-0.3, -0.25) is 4.79 Å². The largest absolute Gasteiger partial charge is 0.417 e. The summed E-state index contributed by atoms with van der Waals surface area (Å²) in [6.45, 7) is -0.480. The van der Waals surface area contributed by atoms with E-state index in [0.717, 1.165) is 24.3 Å². The molecule has 0 spiro atoms. The first-order chi connectivity index (χ1) is 15.7. The van der Waals surface area contributed by atoms with Crippen LogP contribution in [0.4, 0.5) is 42.1 Å². The number of rotatable bonds is 4. The molecule has 3 N–H and O–H groups in total. The van der Waals surface area contributed by atoms with Gasteiger partial charge in [0.25, 0.3) is 5.91 Å². The van der Waals surface area contributed by atoms with Crippen LogP contribution in [-0.2, 0) is 17.2 Å². The molecular formula is C20H17ClF7N3O2S. The molecule has 3 rings (SSSR count). The number of hydrogen-bond acceptors (Lipinski definition) is 3. The molecule has 1 atom stereocenters. The number of anilines is 2. The van der Waals surface area contributed by atoms with E-state index in [1.165, 1.54) is 4.90 Å². The minimum Gasteiger partial charge on any atom is -0.371 e. The lowest BCUT2D eigenvalue weighted by Crippen LogP contribution is -2.40. The standard InChI is InChI=1S/C20H17ClF7N3O2S/c21-14-8-12(18(32)30-11-1-2-15(22)17(7-11)34(29)33)16(9-13(14)20(26,27)28)31-5-3-10(4-6-31)19(23,24)25/h1-2,7-10H,3-6,29H2,(H,30,32)/t34-/m0/s1. The zero-order valence-corrected chi connectivity index (χ0v) is 18.6. The van der Waals surface area contributed by atoms with Crippen LogP contribution in [0.3, 0.4) is 0 Å². The molecular weight excluding hydrogens is 515 g/mol. The summed E-state index contributed by atoms with van der Waals surface area (Å²) in [6, 6.07) is 4.39. The Morgan fingerprint density at radius 3 is 2.24 bits per heavy atom. The second kappa shape index (κ2) is 9.70. The highest BCUT2D eigenvalue weighted by Crippen LogP contribution is 2.41. The fraction of sp³-hybridized carbons (Fsp3) is 0.350. The van der Waals surface area contributed by atoms with Crippen molar-refractivity contribution in [2.24, 2.45) is 11.1 Å². The molecule has 1 saturated heterocycles. The van der Waals surface area contributed by atoms with Crippen LogP contribution in [0, 0.1) is 11.7 Å². The molecule has 2 aromatic rings. The smallest absolute Gasteiger partial charge is 0.371 e. The maximum absolute atomic E-state index is 13.7. The minimum absolute atomic E-state index is 0.0575. The highest BCUT2D eigenvalue weighted by Gasteiger charge is 2.42. The van der Waals surface area contributed by atoms with Gasteiger partial charge in [-0.15, -0.1) is 0 Å². The van der Waals surface area contributed by atoms with Gasteiger partial charge < -0.3 is 10.2 Å². The predicted molar refractivity (Wildman–Crippen MR) is 112 cm³/mol. The summed E-state index contributed by atoms with van der Waals surface area (Å²) in [5.74, 6) is -3.46. The number of nitrogens with two attached hydrogens (primary N) is 1. The van der Waals surface area contributed by atoms with Gasteiger partial charge in [-0.05, 0) is 43.2 Å². The summed E-state index contributed by atoms with van der Waals surface area (Å²) in [6.07, 6.45) is -10.0. The first kappa shape index (κ1) is 26.2. The molecule has 1 amide bonds. The van der Waals surface area contributed by atoms with E-state index in [-0.39, 0.29) is 42.9 Å². The topological polar surface area (TPSA) is 75.4 Å². The number of amides is 1. The number of piperidine rings is 1. The van der Waals surface area contributed by atoms with E-state index >= 15 is 0 Å². The molecule has 186 valence electrons. The molecule has 0 aromatic heterocycles. The van der Waals surface area contributed by atoms with Crippen LogP contribution in [0.1, 0.15) is 28.8 Å².